The fraction of sp³-hybridized carbons (Fsp3) is 0.0625. The number of anilines is 1. The summed E-state index contributed by atoms with van der Waals surface area (Å²) in [6.07, 6.45) is -3.70. The van der Waals surface area contributed by atoms with Gasteiger partial charge in [0.05, 0.1) is 11.3 Å². The lowest BCUT2D eigenvalue weighted by Gasteiger charge is -2.09. The van der Waals surface area contributed by atoms with Crippen LogP contribution in [-0.4, -0.2) is 12.3 Å². The van der Waals surface area contributed by atoms with E-state index in [0.717, 1.165) is 24.3 Å². The number of alkyl halides is 3. The average molecular weight is 341 g/mol. The van der Waals surface area contributed by atoms with Crippen molar-refractivity contribution in [2.24, 2.45) is 0 Å². The standard InChI is InChI=1S/C16H8F5NO2/c17-11-4-5-12-13(14(11)18)10(15(23)22-12)7-8-2-1-3-9(6-8)24-16(19,20)21/h1-7H,(H,22,23)/b10-7+. The normalized spacial score (nSPS) is 15.4. The molecule has 1 heterocycles. The topological polar surface area (TPSA) is 38.3 Å². The van der Waals surface area contributed by atoms with Crippen LogP contribution < -0.4 is 10.1 Å². The van der Waals surface area contributed by atoms with Crippen LogP contribution in [-0.2, 0) is 4.79 Å². The number of hydrogen-bond donors (Lipinski definition) is 1. The summed E-state index contributed by atoms with van der Waals surface area (Å²) in [4.78, 5) is 11.9. The molecule has 0 spiro atoms. The summed E-state index contributed by atoms with van der Waals surface area (Å²) in [5.74, 6) is -3.52. The molecule has 0 saturated carbocycles. The number of carbonyl (C=O) groups excluding carboxylic acids is 1. The van der Waals surface area contributed by atoms with E-state index in [0.29, 0.717) is 0 Å². The van der Waals surface area contributed by atoms with Gasteiger partial charge in [-0.2, -0.15) is 0 Å². The second-order valence-corrected chi connectivity index (χ2v) is 4.92. The van der Waals surface area contributed by atoms with E-state index < -0.39 is 29.7 Å². The summed E-state index contributed by atoms with van der Waals surface area (Å²) in [7, 11) is 0. The molecule has 0 saturated heterocycles. The summed E-state index contributed by atoms with van der Waals surface area (Å²) in [5, 5.41) is 2.36. The lowest BCUT2D eigenvalue weighted by Crippen LogP contribution is -2.17. The van der Waals surface area contributed by atoms with Gasteiger partial charge in [0.15, 0.2) is 11.6 Å². The van der Waals surface area contributed by atoms with Crippen LogP contribution in [0.5, 0.6) is 5.75 Å². The van der Waals surface area contributed by atoms with E-state index in [2.05, 4.69) is 10.1 Å². The molecule has 2 aromatic rings. The van der Waals surface area contributed by atoms with E-state index in [1.165, 1.54) is 18.2 Å². The minimum absolute atomic E-state index is 0.0906. The van der Waals surface area contributed by atoms with Gasteiger partial charge in [-0.05, 0) is 35.9 Å². The number of amides is 1. The maximum absolute atomic E-state index is 13.9. The maximum Gasteiger partial charge on any atom is 0.573 e. The van der Waals surface area contributed by atoms with Gasteiger partial charge in [-0.1, -0.05) is 12.1 Å². The number of hydrogen-bond acceptors (Lipinski definition) is 2. The SMILES string of the molecule is O=C1Nc2ccc(F)c(F)c2/C1=C\c1cccc(OC(F)(F)F)c1. The first-order valence-electron chi connectivity index (χ1n) is 6.62. The van der Waals surface area contributed by atoms with Crippen LogP contribution in [0.1, 0.15) is 11.1 Å². The number of ether oxygens (including phenoxy) is 1. The molecule has 0 bridgehead atoms. The van der Waals surface area contributed by atoms with Crippen molar-refractivity contribution in [3.63, 3.8) is 0 Å². The van der Waals surface area contributed by atoms with Crippen LogP contribution in [0, 0.1) is 11.6 Å². The van der Waals surface area contributed by atoms with Crippen LogP contribution in [0.25, 0.3) is 11.6 Å². The number of halogens is 5. The van der Waals surface area contributed by atoms with Crippen LogP contribution in [0.4, 0.5) is 27.6 Å². The number of nitrogens with one attached hydrogen (secondary N) is 1. The number of fused-ring (bicyclic) bond motifs is 1. The minimum Gasteiger partial charge on any atom is -0.406 e. The van der Waals surface area contributed by atoms with Crippen LogP contribution >= 0.6 is 0 Å². The van der Waals surface area contributed by atoms with Crippen LogP contribution in [0.2, 0.25) is 0 Å². The summed E-state index contributed by atoms with van der Waals surface area (Å²) in [5.41, 5.74) is -0.195. The first-order chi connectivity index (χ1) is 11.2. The molecule has 0 aliphatic carbocycles. The van der Waals surface area contributed by atoms with E-state index in [1.807, 2.05) is 0 Å². The zero-order valence-electron chi connectivity index (χ0n) is 11.7. The van der Waals surface area contributed by atoms with Crippen LogP contribution in [0.15, 0.2) is 36.4 Å². The molecule has 1 N–H and O–H groups in total. The second-order valence-electron chi connectivity index (χ2n) is 4.92. The van der Waals surface area contributed by atoms with Crippen molar-refractivity contribution >= 4 is 23.2 Å². The van der Waals surface area contributed by atoms with E-state index in [1.54, 1.807) is 0 Å². The first-order valence-corrected chi connectivity index (χ1v) is 6.62. The van der Waals surface area contributed by atoms with Gasteiger partial charge in [-0.25, -0.2) is 8.78 Å². The lowest BCUT2D eigenvalue weighted by molar-refractivity contribution is -0.274. The first kappa shape index (κ1) is 16.0. The molecule has 0 fully saturated rings. The molecule has 0 radical (unpaired) electrons. The monoisotopic (exact) mass is 341 g/mol. The van der Waals surface area contributed by atoms with Crippen molar-refractivity contribution in [3.05, 3.63) is 59.2 Å². The van der Waals surface area contributed by atoms with Gasteiger partial charge in [0.25, 0.3) is 5.91 Å². The quantitative estimate of drug-likeness (QED) is 0.651. The van der Waals surface area contributed by atoms with Gasteiger partial charge in [0.1, 0.15) is 5.75 Å². The predicted molar refractivity (Wildman–Crippen MR) is 76.0 cm³/mol. The van der Waals surface area contributed by atoms with Gasteiger partial charge in [-0.15, -0.1) is 13.2 Å². The Morgan fingerprint density at radius 2 is 1.83 bits per heavy atom. The molecule has 3 nitrogen and oxygen atoms in total. The zero-order chi connectivity index (χ0) is 17.5. The molecular formula is C16H8F5NO2. The number of benzene rings is 2. The summed E-state index contributed by atoms with van der Waals surface area (Å²) >= 11 is 0. The van der Waals surface area contributed by atoms with Crippen molar-refractivity contribution < 1.29 is 31.5 Å². The zero-order valence-corrected chi connectivity index (χ0v) is 11.7. The fourth-order valence-corrected chi connectivity index (χ4v) is 2.33. The third kappa shape index (κ3) is 3.08. The predicted octanol–water partition coefficient (Wildman–Crippen LogP) is 4.36. The summed E-state index contributed by atoms with van der Waals surface area (Å²) in [6.45, 7) is 0. The molecule has 8 heteroatoms. The third-order valence-corrected chi connectivity index (χ3v) is 3.26. The molecular weight excluding hydrogens is 333 g/mol. The molecule has 1 amide bonds. The van der Waals surface area contributed by atoms with Crippen molar-refractivity contribution in [1.29, 1.82) is 0 Å². The van der Waals surface area contributed by atoms with Gasteiger partial charge >= 0.3 is 6.36 Å². The fourth-order valence-electron chi connectivity index (χ4n) is 2.33. The molecule has 1 aliphatic rings. The van der Waals surface area contributed by atoms with E-state index in [9.17, 15) is 26.7 Å². The molecule has 0 unspecified atom stereocenters. The highest BCUT2D eigenvalue weighted by Crippen LogP contribution is 2.36. The molecule has 24 heavy (non-hydrogen) atoms. The Labute approximate surface area is 132 Å². The Morgan fingerprint density at radius 1 is 1.08 bits per heavy atom. The molecule has 0 atom stereocenters. The largest absolute Gasteiger partial charge is 0.573 e. The number of rotatable bonds is 2. The lowest BCUT2D eigenvalue weighted by atomic mass is 10.0. The molecule has 124 valence electrons. The molecule has 3 rings (SSSR count). The van der Waals surface area contributed by atoms with E-state index >= 15 is 0 Å². The Hall–Kier alpha value is -2.90. The molecule has 0 aromatic heterocycles. The third-order valence-electron chi connectivity index (χ3n) is 3.26. The van der Waals surface area contributed by atoms with Gasteiger partial charge in [-0.3, -0.25) is 4.79 Å². The van der Waals surface area contributed by atoms with E-state index in [-0.39, 0.29) is 22.4 Å². The van der Waals surface area contributed by atoms with Crippen LogP contribution in [0.3, 0.4) is 0 Å². The second kappa shape index (κ2) is 5.63. The van der Waals surface area contributed by atoms with Crippen molar-refractivity contribution in [3.8, 4) is 5.75 Å². The Morgan fingerprint density at radius 3 is 2.54 bits per heavy atom. The highest BCUT2D eigenvalue weighted by Gasteiger charge is 2.31. The molecule has 1 aliphatic heterocycles. The van der Waals surface area contributed by atoms with Crippen molar-refractivity contribution in [1.82, 2.24) is 0 Å². The Balaban J connectivity index is 2.03. The van der Waals surface area contributed by atoms with Gasteiger partial charge in [0, 0.05) is 5.56 Å². The highest BCUT2D eigenvalue weighted by molar-refractivity contribution is 6.35. The smallest absolute Gasteiger partial charge is 0.406 e. The molecule has 2 aromatic carbocycles. The average Bonchev–Trinajstić information content (AvgIpc) is 2.79. The Kier molecular flexibility index (Phi) is 3.75. The highest BCUT2D eigenvalue weighted by atomic mass is 19.4. The summed E-state index contributed by atoms with van der Waals surface area (Å²) < 4.78 is 67.8. The van der Waals surface area contributed by atoms with Crippen molar-refractivity contribution in [2.45, 2.75) is 6.36 Å². The van der Waals surface area contributed by atoms with E-state index in [4.69, 9.17) is 0 Å². The van der Waals surface area contributed by atoms with Crippen molar-refractivity contribution in [2.75, 3.05) is 5.32 Å². The van der Waals surface area contributed by atoms with Gasteiger partial charge in [0.2, 0.25) is 0 Å². The maximum atomic E-state index is 13.9. The Bertz CT molecular complexity index is 858. The van der Waals surface area contributed by atoms with Gasteiger partial charge < -0.3 is 10.1 Å². The minimum atomic E-state index is -4.86. The summed E-state index contributed by atoms with van der Waals surface area (Å²) in [6, 6.07) is 6.87. The number of carbonyl (C=O) groups is 1.